The predicted molar refractivity (Wildman–Crippen MR) is 111 cm³/mol. The van der Waals surface area contributed by atoms with Crippen molar-refractivity contribution in [2.75, 3.05) is 7.11 Å². The van der Waals surface area contributed by atoms with Gasteiger partial charge in [-0.3, -0.25) is 19.2 Å². The Bertz CT molecular complexity index is 953. The van der Waals surface area contributed by atoms with Gasteiger partial charge >= 0.3 is 17.9 Å². The van der Waals surface area contributed by atoms with Crippen LogP contribution in [0.4, 0.5) is 0 Å². The molecule has 1 aliphatic heterocycles. The van der Waals surface area contributed by atoms with Crippen LogP contribution in [0.1, 0.15) is 58.3 Å². The van der Waals surface area contributed by atoms with E-state index in [0.717, 1.165) is 0 Å². The van der Waals surface area contributed by atoms with Crippen molar-refractivity contribution in [2.45, 2.75) is 64.8 Å². The van der Waals surface area contributed by atoms with E-state index >= 15 is 0 Å². The highest BCUT2D eigenvalue weighted by Gasteiger charge is 2.68. The SMILES string of the molecule is COC(=O)[C@@H]1C[C@H](OC(C)=O)C(=O)[C@H]2[C@@]1(C)CC[C@H]1C(=O)OC(C(O)c3ccco3)C[C@]21C. The molecule has 33 heavy (non-hydrogen) atoms. The number of ketones is 1. The Kier molecular flexibility index (Phi) is 5.88. The molecule has 4 rings (SSSR count). The van der Waals surface area contributed by atoms with Crippen LogP contribution < -0.4 is 0 Å². The van der Waals surface area contributed by atoms with Gasteiger partial charge in [-0.15, -0.1) is 0 Å². The van der Waals surface area contributed by atoms with Crippen molar-refractivity contribution in [3.05, 3.63) is 24.2 Å². The highest BCUT2D eigenvalue weighted by molar-refractivity contribution is 5.93. The molecule has 0 amide bonds. The second-order valence-corrected chi connectivity index (χ2v) is 9.99. The summed E-state index contributed by atoms with van der Waals surface area (Å²) in [6.45, 7) is 4.93. The summed E-state index contributed by atoms with van der Waals surface area (Å²) in [4.78, 5) is 51.4. The smallest absolute Gasteiger partial charge is 0.309 e. The lowest BCUT2D eigenvalue weighted by Gasteiger charge is -2.61. The lowest BCUT2D eigenvalue weighted by Crippen LogP contribution is -2.65. The minimum atomic E-state index is -1.20. The van der Waals surface area contributed by atoms with E-state index in [1.54, 1.807) is 12.1 Å². The molecule has 2 saturated carbocycles. The number of hydrogen-bond donors (Lipinski definition) is 1. The number of cyclic esters (lactones) is 1. The number of aliphatic hydroxyl groups excluding tert-OH is 1. The van der Waals surface area contributed by atoms with Crippen molar-refractivity contribution in [3.63, 3.8) is 0 Å². The van der Waals surface area contributed by atoms with E-state index in [9.17, 15) is 24.3 Å². The lowest BCUT2D eigenvalue weighted by molar-refractivity contribution is -0.216. The Balaban J connectivity index is 1.76. The molecule has 180 valence electrons. The van der Waals surface area contributed by atoms with Crippen LogP contribution in [-0.2, 0) is 33.4 Å². The zero-order chi connectivity index (χ0) is 24.1. The van der Waals surface area contributed by atoms with E-state index in [2.05, 4.69) is 0 Å². The molecule has 2 unspecified atom stereocenters. The molecule has 9 nitrogen and oxygen atoms in total. The summed E-state index contributed by atoms with van der Waals surface area (Å²) >= 11 is 0. The Morgan fingerprint density at radius 1 is 1.24 bits per heavy atom. The quantitative estimate of drug-likeness (QED) is 0.529. The van der Waals surface area contributed by atoms with Crippen LogP contribution >= 0.6 is 0 Å². The average Bonchev–Trinajstić information content (AvgIpc) is 3.28. The molecule has 0 bridgehead atoms. The summed E-state index contributed by atoms with van der Waals surface area (Å²) in [6.07, 6.45) is -0.700. The number of carbonyl (C=O) groups excluding carboxylic acids is 4. The van der Waals surface area contributed by atoms with E-state index in [-0.39, 0.29) is 24.4 Å². The van der Waals surface area contributed by atoms with E-state index in [0.29, 0.717) is 12.8 Å². The monoisotopic (exact) mass is 462 g/mol. The van der Waals surface area contributed by atoms with Crippen LogP contribution in [0.3, 0.4) is 0 Å². The molecule has 1 aromatic rings. The first-order chi connectivity index (χ1) is 15.5. The first kappa shape index (κ1) is 23.5. The second-order valence-electron chi connectivity index (χ2n) is 9.99. The van der Waals surface area contributed by atoms with Crippen LogP contribution in [0.25, 0.3) is 0 Å². The van der Waals surface area contributed by atoms with E-state index < -0.39 is 64.8 Å². The molecule has 8 atom stereocenters. The summed E-state index contributed by atoms with van der Waals surface area (Å²) in [5, 5.41) is 10.8. The largest absolute Gasteiger partial charge is 0.469 e. The highest BCUT2D eigenvalue weighted by Crippen LogP contribution is 2.64. The maximum absolute atomic E-state index is 13.8. The van der Waals surface area contributed by atoms with Gasteiger partial charge in [0.1, 0.15) is 18.0 Å². The third kappa shape index (κ3) is 3.66. The Morgan fingerprint density at radius 3 is 2.58 bits per heavy atom. The molecule has 3 aliphatic rings. The maximum atomic E-state index is 13.8. The third-order valence-electron chi connectivity index (χ3n) is 8.11. The van der Waals surface area contributed by atoms with Crippen molar-refractivity contribution >= 4 is 23.7 Å². The predicted octanol–water partition coefficient (Wildman–Crippen LogP) is 2.36. The number of methoxy groups -OCH3 is 1. The van der Waals surface area contributed by atoms with Crippen molar-refractivity contribution in [1.29, 1.82) is 0 Å². The van der Waals surface area contributed by atoms with E-state index in [1.165, 1.54) is 20.3 Å². The van der Waals surface area contributed by atoms with Gasteiger partial charge in [-0.25, -0.2) is 0 Å². The minimum Gasteiger partial charge on any atom is -0.469 e. The first-order valence-electron chi connectivity index (χ1n) is 11.2. The normalized spacial score (nSPS) is 39.0. The van der Waals surface area contributed by atoms with Gasteiger partial charge in [0.2, 0.25) is 0 Å². The maximum Gasteiger partial charge on any atom is 0.309 e. The second kappa shape index (κ2) is 8.27. The van der Waals surface area contributed by atoms with Gasteiger partial charge in [0.15, 0.2) is 11.9 Å². The zero-order valence-electron chi connectivity index (χ0n) is 19.2. The molecule has 1 saturated heterocycles. The van der Waals surface area contributed by atoms with Gasteiger partial charge in [-0.1, -0.05) is 13.8 Å². The minimum absolute atomic E-state index is 0.0434. The summed E-state index contributed by atoms with van der Waals surface area (Å²) in [5.74, 6) is -3.67. The van der Waals surface area contributed by atoms with Crippen molar-refractivity contribution in [3.8, 4) is 0 Å². The van der Waals surface area contributed by atoms with Crippen LogP contribution in [0.2, 0.25) is 0 Å². The fourth-order valence-corrected chi connectivity index (χ4v) is 6.68. The zero-order valence-corrected chi connectivity index (χ0v) is 19.2. The number of Topliss-reactive ketones (excluding diaryl/α,β-unsaturated/α-hetero) is 1. The van der Waals surface area contributed by atoms with Gasteiger partial charge in [0, 0.05) is 19.3 Å². The topological polar surface area (TPSA) is 129 Å². The Labute approximate surface area is 191 Å². The average molecular weight is 462 g/mol. The molecule has 0 radical (unpaired) electrons. The van der Waals surface area contributed by atoms with Gasteiger partial charge in [-0.05, 0) is 42.2 Å². The number of aliphatic hydroxyl groups is 1. The van der Waals surface area contributed by atoms with Crippen molar-refractivity contribution < 1.29 is 42.9 Å². The standard InChI is InChI=1S/C24H30O9/c1-12(25)32-16-10-14(21(28)30-4)23(2)8-7-13-22(29)33-17(18(26)15-6-5-9-31-15)11-24(13,3)20(23)19(16)27/h5-6,9,13-14,16-18,20,26H,7-8,10-11H2,1-4H3/t13-,14-,16-,17?,18?,20-,23-,24-/m0/s1. The number of esters is 3. The van der Waals surface area contributed by atoms with Crippen LogP contribution in [0.15, 0.2) is 22.8 Å². The van der Waals surface area contributed by atoms with Gasteiger partial charge in [-0.2, -0.15) is 0 Å². The summed E-state index contributed by atoms with van der Waals surface area (Å²) in [6, 6.07) is 3.22. The van der Waals surface area contributed by atoms with E-state index in [4.69, 9.17) is 18.6 Å². The molecule has 9 heteroatoms. The highest BCUT2D eigenvalue weighted by atomic mass is 16.6. The lowest BCUT2D eigenvalue weighted by atomic mass is 9.43. The van der Waals surface area contributed by atoms with Gasteiger partial charge < -0.3 is 23.7 Å². The fraction of sp³-hybridized carbons (Fsp3) is 0.667. The Morgan fingerprint density at radius 2 is 1.97 bits per heavy atom. The molecule has 0 aromatic carbocycles. The van der Waals surface area contributed by atoms with Gasteiger partial charge in [0.25, 0.3) is 0 Å². The van der Waals surface area contributed by atoms with Crippen LogP contribution in [-0.4, -0.2) is 48.1 Å². The number of hydrogen-bond acceptors (Lipinski definition) is 9. The summed E-state index contributed by atoms with van der Waals surface area (Å²) in [7, 11) is 1.29. The molecule has 2 heterocycles. The van der Waals surface area contributed by atoms with Crippen molar-refractivity contribution in [1.82, 2.24) is 0 Å². The Hall–Kier alpha value is -2.68. The fourth-order valence-electron chi connectivity index (χ4n) is 6.68. The molecular weight excluding hydrogens is 432 g/mol. The number of carbonyl (C=O) groups is 4. The summed E-state index contributed by atoms with van der Waals surface area (Å²) < 4.78 is 21.3. The van der Waals surface area contributed by atoms with E-state index in [1.807, 2.05) is 13.8 Å². The first-order valence-corrected chi connectivity index (χ1v) is 11.2. The molecule has 2 aliphatic carbocycles. The number of fused-ring (bicyclic) bond motifs is 3. The van der Waals surface area contributed by atoms with Crippen LogP contribution in [0.5, 0.6) is 0 Å². The van der Waals surface area contributed by atoms with Crippen LogP contribution in [0, 0.1) is 28.6 Å². The molecule has 3 fully saturated rings. The van der Waals surface area contributed by atoms with Crippen molar-refractivity contribution in [2.24, 2.45) is 28.6 Å². The molecule has 1 N–H and O–H groups in total. The number of ether oxygens (including phenoxy) is 3. The molecular formula is C24H30O9. The summed E-state index contributed by atoms with van der Waals surface area (Å²) in [5.41, 5.74) is -1.73. The van der Waals surface area contributed by atoms with Gasteiger partial charge in [0.05, 0.1) is 25.2 Å². The number of furan rings is 1. The number of rotatable bonds is 4. The molecule has 1 aromatic heterocycles. The third-order valence-corrected chi connectivity index (χ3v) is 8.11. The molecule has 0 spiro atoms.